The third-order valence-corrected chi connectivity index (χ3v) is 5.09. The van der Waals surface area contributed by atoms with Crippen molar-refractivity contribution in [3.05, 3.63) is 42.0 Å². The van der Waals surface area contributed by atoms with Crippen molar-refractivity contribution in [2.45, 2.75) is 32.7 Å². The molecular weight excluding hydrogens is 367 g/mol. The predicted octanol–water partition coefficient (Wildman–Crippen LogP) is 5.07. The lowest BCUT2D eigenvalue weighted by Gasteiger charge is -2.36. The first-order valence-electron chi connectivity index (χ1n) is 9.21. The molecule has 3 nitrogen and oxygen atoms in total. The van der Waals surface area contributed by atoms with Crippen molar-refractivity contribution >= 4 is 35.6 Å². The molecule has 0 bridgehead atoms. The number of hydrogen-bond acceptors (Lipinski definition) is 3. The van der Waals surface area contributed by atoms with Gasteiger partial charge in [0.15, 0.2) is 0 Å². The molecule has 0 unspecified atom stereocenters. The van der Waals surface area contributed by atoms with E-state index in [1.807, 2.05) is 0 Å². The van der Waals surface area contributed by atoms with E-state index in [1.54, 1.807) is 7.11 Å². The summed E-state index contributed by atoms with van der Waals surface area (Å²) in [5, 5.41) is 6.12. The van der Waals surface area contributed by atoms with Crippen molar-refractivity contribution < 1.29 is 4.74 Å². The molecule has 1 N–H and O–H groups in total. The smallest absolute Gasteiger partial charge is 0.124 e. The number of ether oxygens (including phenoxy) is 1. The van der Waals surface area contributed by atoms with E-state index in [9.17, 15) is 0 Å². The highest BCUT2D eigenvalue weighted by Crippen LogP contribution is 2.39. The minimum atomic E-state index is 0. The second-order valence-electron chi connectivity index (χ2n) is 7.18. The molecule has 0 amide bonds. The van der Waals surface area contributed by atoms with Crippen LogP contribution in [0.2, 0.25) is 0 Å². The van der Waals surface area contributed by atoms with Crippen molar-refractivity contribution in [1.29, 1.82) is 0 Å². The van der Waals surface area contributed by atoms with Gasteiger partial charge < -0.3 is 10.1 Å². The van der Waals surface area contributed by atoms with Crippen molar-refractivity contribution in [3.63, 3.8) is 0 Å². The van der Waals surface area contributed by atoms with Gasteiger partial charge in [0.05, 0.1) is 7.11 Å². The van der Waals surface area contributed by atoms with Gasteiger partial charge in [0.2, 0.25) is 0 Å². The second kappa shape index (κ2) is 11.0. The number of piperazine rings is 1. The van der Waals surface area contributed by atoms with Gasteiger partial charge in [-0.25, -0.2) is 0 Å². The van der Waals surface area contributed by atoms with Gasteiger partial charge in [0.25, 0.3) is 0 Å². The van der Waals surface area contributed by atoms with Crippen LogP contribution in [0, 0.1) is 5.92 Å². The zero-order valence-corrected chi connectivity index (χ0v) is 17.7. The molecule has 1 fully saturated rings. The van der Waals surface area contributed by atoms with Crippen LogP contribution in [0.1, 0.15) is 38.3 Å². The number of methoxy groups -OCH3 is 1. The van der Waals surface area contributed by atoms with Gasteiger partial charge in [-0.3, -0.25) is 4.90 Å². The minimum Gasteiger partial charge on any atom is -0.496 e. The Bertz CT molecular complexity index is 672. The molecule has 0 saturated carbocycles. The summed E-state index contributed by atoms with van der Waals surface area (Å²) in [7, 11) is 1.80. The van der Waals surface area contributed by atoms with Crippen LogP contribution in [0.25, 0.3) is 10.8 Å². The van der Waals surface area contributed by atoms with E-state index in [4.69, 9.17) is 4.74 Å². The standard InChI is InChI=1S/C21H30N2O.2ClH/c1-16(2)8-10-19(23-14-12-22-13-15-23)21-18-7-5-4-6-17(18)9-11-20(21)24-3;;/h4-7,9,11,16,19,22H,8,10,12-15H2,1-3H3;2*1H/t19-;;/m1../s1. The Hall–Kier alpha value is -1.00. The fourth-order valence-electron chi connectivity index (χ4n) is 3.79. The largest absolute Gasteiger partial charge is 0.496 e. The molecule has 3 rings (SSSR count). The average molecular weight is 399 g/mol. The van der Waals surface area contributed by atoms with Gasteiger partial charge in [0.1, 0.15) is 5.75 Å². The molecule has 146 valence electrons. The molecule has 26 heavy (non-hydrogen) atoms. The Labute approximate surface area is 170 Å². The first kappa shape index (κ1) is 23.0. The van der Waals surface area contributed by atoms with E-state index < -0.39 is 0 Å². The molecule has 0 aromatic heterocycles. The zero-order chi connectivity index (χ0) is 16.9. The van der Waals surface area contributed by atoms with Crippen molar-refractivity contribution in [1.82, 2.24) is 10.2 Å². The van der Waals surface area contributed by atoms with Crippen LogP contribution in [0.15, 0.2) is 36.4 Å². The maximum Gasteiger partial charge on any atom is 0.124 e. The van der Waals surface area contributed by atoms with Crippen molar-refractivity contribution in [2.24, 2.45) is 5.92 Å². The van der Waals surface area contributed by atoms with E-state index in [2.05, 4.69) is 60.5 Å². The topological polar surface area (TPSA) is 24.5 Å². The summed E-state index contributed by atoms with van der Waals surface area (Å²) in [6.07, 6.45) is 2.42. The molecule has 0 aliphatic carbocycles. The quantitative estimate of drug-likeness (QED) is 0.734. The number of fused-ring (bicyclic) bond motifs is 1. The van der Waals surface area contributed by atoms with Crippen molar-refractivity contribution in [2.75, 3.05) is 33.3 Å². The SMILES string of the molecule is COc1ccc2ccccc2c1[C@@H](CCC(C)C)N1CCNCC1.Cl.Cl. The van der Waals surface area contributed by atoms with E-state index in [-0.39, 0.29) is 24.8 Å². The summed E-state index contributed by atoms with van der Waals surface area (Å²) in [5.74, 6) is 1.75. The summed E-state index contributed by atoms with van der Waals surface area (Å²) in [6, 6.07) is 13.5. The number of hydrogen-bond donors (Lipinski definition) is 1. The third-order valence-electron chi connectivity index (χ3n) is 5.09. The van der Waals surface area contributed by atoms with Crippen LogP contribution in [0.5, 0.6) is 5.75 Å². The Balaban J connectivity index is 0.00000169. The molecule has 2 aromatic rings. The van der Waals surface area contributed by atoms with E-state index in [0.29, 0.717) is 6.04 Å². The molecule has 5 heteroatoms. The minimum absolute atomic E-state index is 0. The normalized spacial score (nSPS) is 16.0. The number of nitrogens with one attached hydrogen (secondary N) is 1. The Morgan fingerprint density at radius 1 is 1.00 bits per heavy atom. The number of benzene rings is 2. The van der Waals surface area contributed by atoms with Crippen LogP contribution in [-0.4, -0.2) is 38.2 Å². The number of halogens is 2. The molecular formula is C21H32Cl2N2O. The maximum atomic E-state index is 5.79. The fraction of sp³-hybridized carbons (Fsp3) is 0.524. The van der Waals surface area contributed by atoms with Gasteiger partial charge in [-0.05, 0) is 35.6 Å². The molecule has 1 aliphatic heterocycles. The van der Waals surface area contributed by atoms with Gasteiger partial charge in [-0.2, -0.15) is 0 Å². The molecule has 2 aromatic carbocycles. The van der Waals surface area contributed by atoms with Crippen molar-refractivity contribution in [3.8, 4) is 5.75 Å². The highest BCUT2D eigenvalue weighted by molar-refractivity contribution is 5.88. The lowest BCUT2D eigenvalue weighted by Crippen LogP contribution is -2.45. The number of nitrogens with zero attached hydrogens (tertiary/aromatic N) is 1. The summed E-state index contributed by atoms with van der Waals surface area (Å²) in [5.41, 5.74) is 1.37. The van der Waals surface area contributed by atoms with Gasteiger partial charge >= 0.3 is 0 Å². The summed E-state index contributed by atoms with van der Waals surface area (Å²) < 4.78 is 5.79. The average Bonchev–Trinajstić information content (AvgIpc) is 2.62. The highest BCUT2D eigenvalue weighted by Gasteiger charge is 2.26. The highest BCUT2D eigenvalue weighted by atomic mass is 35.5. The molecule has 1 aliphatic rings. The van der Waals surface area contributed by atoms with Crippen LogP contribution in [-0.2, 0) is 0 Å². The Morgan fingerprint density at radius 2 is 1.69 bits per heavy atom. The lowest BCUT2D eigenvalue weighted by molar-refractivity contribution is 0.158. The molecule has 1 atom stereocenters. The predicted molar refractivity (Wildman–Crippen MR) is 116 cm³/mol. The first-order valence-corrected chi connectivity index (χ1v) is 9.21. The number of rotatable bonds is 6. The van der Waals surface area contributed by atoms with Crippen LogP contribution in [0.3, 0.4) is 0 Å². The Morgan fingerprint density at radius 3 is 2.35 bits per heavy atom. The monoisotopic (exact) mass is 398 g/mol. The zero-order valence-electron chi connectivity index (χ0n) is 16.0. The molecule has 0 radical (unpaired) electrons. The van der Waals surface area contributed by atoms with Gasteiger partial charge in [-0.1, -0.05) is 44.2 Å². The molecule has 1 saturated heterocycles. The summed E-state index contributed by atoms with van der Waals surface area (Å²) in [6.45, 7) is 8.99. The second-order valence-corrected chi connectivity index (χ2v) is 7.18. The first-order chi connectivity index (χ1) is 11.7. The van der Waals surface area contributed by atoms with E-state index >= 15 is 0 Å². The van der Waals surface area contributed by atoms with E-state index in [0.717, 1.165) is 37.8 Å². The Kier molecular flexibility index (Phi) is 9.73. The van der Waals surface area contributed by atoms with Gasteiger partial charge in [0, 0.05) is 37.8 Å². The maximum absolute atomic E-state index is 5.79. The van der Waals surface area contributed by atoms with Crippen LogP contribution in [0.4, 0.5) is 0 Å². The van der Waals surface area contributed by atoms with E-state index in [1.165, 1.54) is 29.2 Å². The summed E-state index contributed by atoms with van der Waals surface area (Å²) >= 11 is 0. The van der Waals surface area contributed by atoms with Crippen LogP contribution < -0.4 is 10.1 Å². The molecule has 1 heterocycles. The van der Waals surface area contributed by atoms with Gasteiger partial charge in [-0.15, -0.1) is 24.8 Å². The fourth-order valence-corrected chi connectivity index (χ4v) is 3.79. The van der Waals surface area contributed by atoms with Crippen LogP contribution >= 0.6 is 24.8 Å². The lowest BCUT2D eigenvalue weighted by atomic mass is 9.91. The third kappa shape index (κ3) is 5.26. The summed E-state index contributed by atoms with van der Waals surface area (Å²) in [4.78, 5) is 2.64. The molecule has 0 spiro atoms.